The number of hydrogen-bond acceptors (Lipinski definition) is 2. The van der Waals surface area contributed by atoms with Crippen molar-refractivity contribution in [2.45, 2.75) is 39.0 Å². The number of aromatic nitrogens is 1. The number of Topliss-reactive ketones (excluding diaryl/α,β-unsaturated/α-hetero) is 1. The van der Waals surface area contributed by atoms with Crippen LogP contribution in [-0.2, 0) is 0 Å². The topological polar surface area (TPSA) is 70.2 Å². The third kappa shape index (κ3) is 3.53. The second-order valence-electron chi connectivity index (χ2n) is 3.84. The van der Waals surface area contributed by atoms with E-state index < -0.39 is 5.97 Å². The highest BCUT2D eigenvalue weighted by molar-refractivity contribution is 5.98. The fraction of sp³-hybridized carbons (Fsp3) is 0.500. The first-order chi connectivity index (χ1) is 7.65. The Bertz CT molecular complexity index is 368. The molecule has 1 rings (SSSR count). The molecule has 0 fully saturated rings. The first-order valence-electron chi connectivity index (χ1n) is 5.60. The van der Waals surface area contributed by atoms with E-state index in [9.17, 15) is 9.59 Å². The van der Waals surface area contributed by atoms with Crippen LogP contribution < -0.4 is 0 Å². The maximum atomic E-state index is 11.6. The molecule has 0 aliphatic carbocycles. The molecule has 1 aromatic rings. The molecular formula is C12H17NO3. The van der Waals surface area contributed by atoms with Crippen molar-refractivity contribution in [1.82, 2.24) is 4.98 Å². The largest absolute Gasteiger partial charge is 0.477 e. The number of aromatic carboxylic acids is 1. The summed E-state index contributed by atoms with van der Waals surface area (Å²) in [6.45, 7) is 2.12. The van der Waals surface area contributed by atoms with Crippen molar-refractivity contribution < 1.29 is 14.7 Å². The number of carbonyl (C=O) groups excluding carboxylic acids is 1. The lowest BCUT2D eigenvalue weighted by molar-refractivity contribution is 0.0691. The molecule has 0 aliphatic heterocycles. The van der Waals surface area contributed by atoms with Crippen LogP contribution in [0.5, 0.6) is 0 Å². The minimum atomic E-state index is -1.04. The SMILES string of the molecule is CCCCCCC(=O)c1c[nH]c(C(=O)O)c1. The van der Waals surface area contributed by atoms with Crippen molar-refractivity contribution in [2.75, 3.05) is 0 Å². The minimum absolute atomic E-state index is 0.0138. The number of H-pyrrole nitrogens is 1. The lowest BCUT2D eigenvalue weighted by Crippen LogP contribution is -1.98. The molecule has 88 valence electrons. The van der Waals surface area contributed by atoms with Gasteiger partial charge in [-0.15, -0.1) is 0 Å². The van der Waals surface area contributed by atoms with Gasteiger partial charge in [0.15, 0.2) is 5.78 Å². The van der Waals surface area contributed by atoms with Gasteiger partial charge in [0, 0.05) is 18.2 Å². The fourth-order valence-electron chi connectivity index (χ4n) is 1.54. The Kier molecular flexibility index (Phi) is 4.76. The Labute approximate surface area is 94.7 Å². The van der Waals surface area contributed by atoms with E-state index in [2.05, 4.69) is 11.9 Å². The average molecular weight is 223 g/mol. The summed E-state index contributed by atoms with van der Waals surface area (Å²) in [5.74, 6) is -1.02. The Morgan fingerprint density at radius 1 is 1.31 bits per heavy atom. The molecule has 0 aliphatic rings. The maximum absolute atomic E-state index is 11.6. The maximum Gasteiger partial charge on any atom is 0.352 e. The van der Waals surface area contributed by atoms with Crippen LogP contribution in [0.25, 0.3) is 0 Å². The second kappa shape index (κ2) is 6.10. The van der Waals surface area contributed by atoms with Crippen molar-refractivity contribution in [3.8, 4) is 0 Å². The van der Waals surface area contributed by atoms with E-state index in [-0.39, 0.29) is 11.5 Å². The van der Waals surface area contributed by atoms with E-state index in [1.165, 1.54) is 12.3 Å². The standard InChI is InChI=1S/C12H17NO3/c1-2-3-4-5-6-11(14)9-7-10(12(15)16)13-8-9/h7-8,13H,2-6H2,1H3,(H,15,16). The molecule has 0 spiro atoms. The summed E-state index contributed by atoms with van der Waals surface area (Å²) < 4.78 is 0. The summed E-state index contributed by atoms with van der Waals surface area (Å²) in [6, 6.07) is 1.39. The van der Waals surface area contributed by atoms with Crippen LogP contribution in [0.15, 0.2) is 12.3 Å². The minimum Gasteiger partial charge on any atom is -0.477 e. The van der Waals surface area contributed by atoms with Crippen LogP contribution in [0.2, 0.25) is 0 Å². The molecule has 0 aromatic carbocycles. The molecule has 0 amide bonds. The van der Waals surface area contributed by atoms with Crippen LogP contribution in [0.3, 0.4) is 0 Å². The monoisotopic (exact) mass is 223 g/mol. The highest BCUT2D eigenvalue weighted by Crippen LogP contribution is 2.10. The normalized spacial score (nSPS) is 10.3. The molecule has 16 heavy (non-hydrogen) atoms. The highest BCUT2D eigenvalue weighted by atomic mass is 16.4. The number of hydrogen-bond donors (Lipinski definition) is 2. The zero-order valence-corrected chi connectivity index (χ0v) is 9.45. The third-order valence-electron chi connectivity index (χ3n) is 2.49. The Morgan fingerprint density at radius 3 is 2.62 bits per heavy atom. The quantitative estimate of drug-likeness (QED) is 0.551. The predicted octanol–water partition coefficient (Wildman–Crippen LogP) is 2.87. The van der Waals surface area contributed by atoms with E-state index in [0.29, 0.717) is 12.0 Å². The van der Waals surface area contributed by atoms with Crippen molar-refractivity contribution >= 4 is 11.8 Å². The van der Waals surface area contributed by atoms with Gasteiger partial charge in [-0.3, -0.25) is 4.79 Å². The number of aromatic amines is 1. The van der Waals surface area contributed by atoms with Gasteiger partial charge in [0.25, 0.3) is 0 Å². The molecule has 2 N–H and O–H groups in total. The first kappa shape index (κ1) is 12.5. The lowest BCUT2D eigenvalue weighted by Gasteiger charge is -1.97. The van der Waals surface area contributed by atoms with Crippen LogP contribution in [0.1, 0.15) is 59.9 Å². The van der Waals surface area contributed by atoms with Gasteiger partial charge >= 0.3 is 5.97 Å². The summed E-state index contributed by atoms with van der Waals surface area (Å²) in [4.78, 5) is 24.8. The summed E-state index contributed by atoms with van der Waals surface area (Å²) in [7, 11) is 0. The number of carboxylic acid groups (broad SMARTS) is 1. The van der Waals surface area contributed by atoms with E-state index >= 15 is 0 Å². The fourth-order valence-corrected chi connectivity index (χ4v) is 1.54. The van der Waals surface area contributed by atoms with Crippen LogP contribution >= 0.6 is 0 Å². The smallest absolute Gasteiger partial charge is 0.352 e. The molecule has 0 saturated heterocycles. The van der Waals surface area contributed by atoms with Gasteiger partial charge in [-0.05, 0) is 12.5 Å². The van der Waals surface area contributed by atoms with E-state index in [0.717, 1.165) is 25.7 Å². The number of carboxylic acids is 1. The summed E-state index contributed by atoms with van der Waals surface area (Å²) >= 11 is 0. The van der Waals surface area contributed by atoms with E-state index in [1.807, 2.05) is 0 Å². The van der Waals surface area contributed by atoms with Crippen LogP contribution in [0, 0.1) is 0 Å². The van der Waals surface area contributed by atoms with Gasteiger partial charge in [0.2, 0.25) is 0 Å². The molecule has 0 atom stereocenters. The molecule has 0 radical (unpaired) electrons. The molecular weight excluding hydrogens is 206 g/mol. The first-order valence-corrected chi connectivity index (χ1v) is 5.60. The van der Waals surface area contributed by atoms with Gasteiger partial charge in [-0.25, -0.2) is 4.79 Å². The molecule has 0 saturated carbocycles. The molecule has 4 heteroatoms. The zero-order valence-electron chi connectivity index (χ0n) is 9.45. The third-order valence-corrected chi connectivity index (χ3v) is 2.49. The predicted molar refractivity (Wildman–Crippen MR) is 60.8 cm³/mol. The number of ketones is 1. The molecule has 4 nitrogen and oxygen atoms in total. The van der Waals surface area contributed by atoms with Crippen molar-refractivity contribution in [1.29, 1.82) is 0 Å². The number of unbranched alkanes of at least 4 members (excludes halogenated alkanes) is 3. The Morgan fingerprint density at radius 2 is 2.06 bits per heavy atom. The molecule has 1 heterocycles. The van der Waals surface area contributed by atoms with Gasteiger partial charge in [-0.1, -0.05) is 26.2 Å². The van der Waals surface area contributed by atoms with E-state index in [1.54, 1.807) is 0 Å². The van der Waals surface area contributed by atoms with Crippen molar-refractivity contribution in [2.24, 2.45) is 0 Å². The van der Waals surface area contributed by atoms with E-state index in [4.69, 9.17) is 5.11 Å². The molecule has 1 aromatic heterocycles. The summed E-state index contributed by atoms with van der Waals surface area (Å²) in [6.07, 6.45) is 6.17. The van der Waals surface area contributed by atoms with Crippen LogP contribution in [0.4, 0.5) is 0 Å². The van der Waals surface area contributed by atoms with Gasteiger partial charge in [-0.2, -0.15) is 0 Å². The van der Waals surface area contributed by atoms with Crippen molar-refractivity contribution in [3.63, 3.8) is 0 Å². The highest BCUT2D eigenvalue weighted by Gasteiger charge is 2.11. The van der Waals surface area contributed by atoms with Gasteiger partial charge in [0.1, 0.15) is 5.69 Å². The zero-order chi connectivity index (χ0) is 12.0. The van der Waals surface area contributed by atoms with Crippen molar-refractivity contribution in [3.05, 3.63) is 23.5 Å². The average Bonchev–Trinajstić information content (AvgIpc) is 2.73. The van der Waals surface area contributed by atoms with Gasteiger partial charge in [0.05, 0.1) is 0 Å². The number of nitrogens with one attached hydrogen (secondary N) is 1. The van der Waals surface area contributed by atoms with Crippen LogP contribution in [-0.4, -0.2) is 21.8 Å². The number of carbonyl (C=O) groups is 2. The molecule has 0 bridgehead atoms. The second-order valence-corrected chi connectivity index (χ2v) is 3.84. The number of rotatable bonds is 7. The Balaban J connectivity index is 2.43. The summed E-state index contributed by atoms with van der Waals surface area (Å²) in [5.41, 5.74) is 0.533. The lowest BCUT2D eigenvalue weighted by atomic mass is 10.1. The Hall–Kier alpha value is -1.58. The molecule has 0 unspecified atom stereocenters. The van der Waals surface area contributed by atoms with Gasteiger partial charge < -0.3 is 10.1 Å². The summed E-state index contributed by atoms with van der Waals surface area (Å²) in [5, 5.41) is 8.68.